The highest BCUT2D eigenvalue weighted by atomic mass is 16.4. The summed E-state index contributed by atoms with van der Waals surface area (Å²) in [6.45, 7) is 1.94. The van der Waals surface area contributed by atoms with Crippen molar-refractivity contribution in [2.75, 3.05) is 7.05 Å². The van der Waals surface area contributed by atoms with Gasteiger partial charge in [0.05, 0.1) is 0 Å². The Kier molecular flexibility index (Phi) is 5.14. The molecule has 3 amide bonds. The summed E-state index contributed by atoms with van der Waals surface area (Å²) in [5.74, 6) is -1.24. The molecule has 108 valence electrons. The number of carboxylic acids is 1. The van der Waals surface area contributed by atoms with E-state index in [-0.39, 0.29) is 18.9 Å². The molecule has 7 heteroatoms. The van der Waals surface area contributed by atoms with Crippen LogP contribution < -0.4 is 11.1 Å². The highest BCUT2D eigenvalue weighted by molar-refractivity contribution is 5.83. The van der Waals surface area contributed by atoms with Gasteiger partial charge in [0.15, 0.2) is 0 Å². The number of nitrogens with two attached hydrogens (primary N) is 1. The summed E-state index contributed by atoms with van der Waals surface area (Å²) in [7, 11) is 1.64. The van der Waals surface area contributed by atoms with Crippen LogP contribution in [0.2, 0.25) is 0 Å². The second-order valence-corrected chi connectivity index (χ2v) is 5.03. The molecule has 7 nitrogen and oxygen atoms in total. The second kappa shape index (κ2) is 6.40. The summed E-state index contributed by atoms with van der Waals surface area (Å²) in [6.07, 6.45) is 2.13. The Balaban J connectivity index is 2.49. The van der Waals surface area contributed by atoms with Crippen molar-refractivity contribution in [1.29, 1.82) is 0 Å². The van der Waals surface area contributed by atoms with Crippen LogP contribution in [0, 0.1) is 5.92 Å². The zero-order chi connectivity index (χ0) is 14.6. The monoisotopic (exact) mass is 271 g/mol. The van der Waals surface area contributed by atoms with Crippen LogP contribution in [0.25, 0.3) is 0 Å². The van der Waals surface area contributed by atoms with Crippen LogP contribution in [0.3, 0.4) is 0 Å². The van der Waals surface area contributed by atoms with Gasteiger partial charge in [-0.2, -0.15) is 0 Å². The average molecular weight is 271 g/mol. The minimum atomic E-state index is -1.16. The number of rotatable bonds is 7. The van der Waals surface area contributed by atoms with Gasteiger partial charge in [0.2, 0.25) is 5.91 Å². The highest BCUT2D eigenvalue weighted by Gasteiger charge is 2.33. The minimum absolute atomic E-state index is 0.00204. The summed E-state index contributed by atoms with van der Waals surface area (Å²) in [6, 6.07) is -1.43. The minimum Gasteiger partial charge on any atom is -0.480 e. The first-order valence-corrected chi connectivity index (χ1v) is 6.37. The van der Waals surface area contributed by atoms with Gasteiger partial charge in [-0.15, -0.1) is 0 Å². The third-order valence-corrected chi connectivity index (χ3v) is 3.51. The van der Waals surface area contributed by atoms with Crippen molar-refractivity contribution < 1.29 is 19.5 Å². The first-order valence-electron chi connectivity index (χ1n) is 6.37. The maximum absolute atomic E-state index is 11.9. The van der Waals surface area contributed by atoms with E-state index in [4.69, 9.17) is 10.8 Å². The predicted octanol–water partition coefficient (Wildman–Crippen LogP) is 0.145. The Morgan fingerprint density at radius 2 is 2.00 bits per heavy atom. The number of primary amides is 1. The number of carbonyl (C=O) groups is 3. The first kappa shape index (κ1) is 15.3. The topological polar surface area (TPSA) is 113 Å². The summed E-state index contributed by atoms with van der Waals surface area (Å²) >= 11 is 0. The van der Waals surface area contributed by atoms with Crippen molar-refractivity contribution in [2.24, 2.45) is 11.7 Å². The van der Waals surface area contributed by atoms with E-state index in [1.807, 2.05) is 6.92 Å². The number of urea groups is 1. The highest BCUT2D eigenvalue weighted by Crippen LogP contribution is 2.34. The van der Waals surface area contributed by atoms with Gasteiger partial charge in [-0.3, -0.25) is 4.79 Å². The molecule has 1 aliphatic rings. The zero-order valence-corrected chi connectivity index (χ0v) is 11.3. The lowest BCUT2D eigenvalue weighted by Gasteiger charge is -2.26. The van der Waals surface area contributed by atoms with Crippen LogP contribution in [0.1, 0.15) is 32.6 Å². The Morgan fingerprint density at radius 3 is 2.42 bits per heavy atom. The van der Waals surface area contributed by atoms with Crippen molar-refractivity contribution in [1.82, 2.24) is 10.2 Å². The van der Waals surface area contributed by atoms with E-state index < -0.39 is 23.9 Å². The summed E-state index contributed by atoms with van der Waals surface area (Å²) in [4.78, 5) is 35.1. The van der Waals surface area contributed by atoms with Gasteiger partial charge in [-0.1, -0.05) is 0 Å². The fraction of sp³-hybridized carbons (Fsp3) is 0.750. The first-order chi connectivity index (χ1) is 8.82. The SMILES string of the molecule is CC(C1CC1)N(C)C(=O)N[C@H](CCC(N)=O)C(=O)O. The molecule has 0 heterocycles. The normalized spacial score (nSPS) is 17.4. The van der Waals surface area contributed by atoms with Crippen molar-refractivity contribution in [3.63, 3.8) is 0 Å². The van der Waals surface area contributed by atoms with Crippen molar-refractivity contribution in [3.05, 3.63) is 0 Å². The van der Waals surface area contributed by atoms with Gasteiger partial charge < -0.3 is 21.1 Å². The predicted molar refractivity (Wildman–Crippen MR) is 68.3 cm³/mol. The van der Waals surface area contributed by atoms with E-state index >= 15 is 0 Å². The van der Waals surface area contributed by atoms with E-state index in [0.29, 0.717) is 5.92 Å². The fourth-order valence-corrected chi connectivity index (χ4v) is 1.87. The molecule has 0 aromatic rings. The standard InChI is InChI=1S/C12H21N3O4/c1-7(8-3-4-8)15(2)12(19)14-9(11(17)18)5-6-10(13)16/h7-9H,3-6H2,1-2H3,(H2,13,16)(H,14,19)(H,17,18)/t7?,9-/m1/s1. The molecule has 19 heavy (non-hydrogen) atoms. The lowest BCUT2D eigenvalue weighted by molar-refractivity contribution is -0.139. The Morgan fingerprint density at radius 1 is 1.42 bits per heavy atom. The molecule has 1 fully saturated rings. The molecule has 0 bridgehead atoms. The molecule has 0 aromatic carbocycles. The third-order valence-electron chi connectivity index (χ3n) is 3.51. The van der Waals surface area contributed by atoms with E-state index in [1.165, 1.54) is 4.90 Å². The number of carbonyl (C=O) groups excluding carboxylic acids is 2. The molecule has 1 aliphatic carbocycles. The van der Waals surface area contributed by atoms with E-state index in [1.54, 1.807) is 7.05 Å². The molecule has 1 rings (SSSR count). The summed E-state index contributed by atoms with van der Waals surface area (Å²) in [5, 5.41) is 11.4. The Hall–Kier alpha value is -1.79. The fourth-order valence-electron chi connectivity index (χ4n) is 1.87. The van der Waals surface area contributed by atoms with Crippen LogP contribution in [-0.2, 0) is 9.59 Å². The van der Waals surface area contributed by atoms with Crippen molar-refractivity contribution >= 4 is 17.9 Å². The molecule has 0 saturated heterocycles. The summed E-state index contributed by atoms with van der Waals surface area (Å²) < 4.78 is 0. The van der Waals surface area contributed by atoms with Crippen LogP contribution in [0.5, 0.6) is 0 Å². The van der Waals surface area contributed by atoms with E-state index in [9.17, 15) is 14.4 Å². The lowest BCUT2D eigenvalue weighted by Crippen LogP contribution is -2.49. The lowest BCUT2D eigenvalue weighted by atomic mass is 10.1. The van der Waals surface area contributed by atoms with Crippen LogP contribution in [0.15, 0.2) is 0 Å². The largest absolute Gasteiger partial charge is 0.480 e. The van der Waals surface area contributed by atoms with Gasteiger partial charge in [-0.05, 0) is 32.1 Å². The van der Waals surface area contributed by atoms with Gasteiger partial charge in [-0.25, -0.2) is 9.59 Å². The average Bonchev–Trinajstić information content (AvgIpc) is 3.15. The molecule has 1 saturated carbocycles. The van der Waals surface area contributed by atoms with Gasteiger partial charge in [0.25, 0.3) is 0 Å². The second-order valence-electron chi connectivity index (χ2n) is 5.03. The number of hydrogen-bond donors (Lipinski definition) is 3. The number of nitrogens with one attached hydrogen (secondary N) is 1. The zero-order valence-electron chi connectivity index (χ0n) is 11.3. The molecule has 0 radical (unpaired) electrons. The summed E-state index contributed by atoms with van der Waals surface area (Å²) in [5.41, 5.74) is 4.97. The van der Waals surface area contributed by atoms with E-state index in [0.717, 1.165) is 12.8 Å². The van der Waals surface area contributed by atoms with Crippen LogP contribution in [0.4, 0.5) is 4.79 Å². The number of amides is 3. The number of aliphatic carboxylic acids is 1. The van der Waals surface area contributed by atoms with Crippen LogP contribution in [-0.4, -0.2) is 47.0 Å². The molecule has 4 N–H and O–H groups in total. The molecule has 0 aromatic heterocycles. The Labute approximate surface area is 112 Å². The number of carboxylic acid groups (broad SMARTS) is 1. The third kappa shape index (κ3) is 4.76. The van der Waals surface area contributed by atoms with Crippen molar-refractivity contribution in [3.8, 4) is 0 Å². The number of nitrogens with zero attached hydrogens (tertiary/aromatic N) is 1. The van der Waals surface area contributed by atoms with Gasteiger partial charge in [0.1, 0.15) is 6.04 Å². The molecule has 0 spiro atoms. The molecule has 0 aliphatic heterocycles. The van der Waals surface area contributed by atoms with Crippen LogP contribution >= 0.6 is 0 Å². The molecular weight excluding hydrogens is 250 g/mol. The Bertz CT molecular complexity index is 368. The van der Waals surface area contributed by atoms with Gasteiger partial charge in [0, 0.05) is 19.5 Å². The number of hydrogen-bond acceptors (Lipinski definition) is 3. The van der Waals surface area contributed by atoms with Crippen molar-refractivity contribution in [2.45, 2.75) is 44.7 Å². The molecule has 1 unspecified atom stereocenters. The van der Waals surface area contributed by atoms with Gasteiger partial charge >= 0.3 is 12.0 Å². The molecular formula is C12H21N3O4. The molecule has 2 atom stereocenters. The quantitative estimate of drug-likeness (QED) is 0.611. The maximum Gasteiger partial charge on any atom is 0.326 e. The smallest absolute Gasteiger partial charge is 0.326 e. The maximum atomic E-state index is 11.9. The van der Waals surface area contributed by atoms with E-state index in [2.05, 4.69) is 5.32 Å².